The van der Waals surface area contributed by atoms with Crippen LogP contribution in [0.3, 0.4) is 0 Å². The van der Waals surface area contributed by atoms with Crippen molar-refractivity contribution in [3.05, 3.63) is 62.0 Å². The first-order chi connectivity index (χ1) is 8.97. The number of halogens is 2. The monoisotopic (exact) mass is 324 g/mol. The zero-order chi connectivity index (χ0) is 14.0. The second kappa shape index (κ2) is 5.65. The predicted octanol–water partition coefficient (Wildman–Crippen LogP) is 3.39. The van der Waals surface area contributed by atoms with Crippen LogP contribution >= 0.6 is 15.9 Å². The molecule has 1 N–H and O–H groups in total. The van der Waals surface area contributed by atoms with Gasteiger partial charge in [-0.3, -0.25) is 4.79 Å². The van der Waals surface area contributed by atoms with Gasteiger partial charge in [0.05, 0.1) is 5.69 Å². The average Bonchev–Trinajstić information content (AvgIpc) is 2.36. The van der Waals surface area contributed by atoms with Crippen molar-refractivity contribution in [2.75, 3.05) is 0 Å². The van der Waals surface area contributed by atoms with Gasteiger partial charge >= 0.3 is 0 Å². The topological polar surface area (TPSA) is 45.8 Å². The summed E-state index contributed by atoms with van der Waals surface area (Å²) in [5.74, 6) is 0.469. The molecule has 1 heterocycles. The fourth-order valence-electron chi connectivity index (χ4n) is 1.79. The van der Waals surface area contributed by atoms with E-state index in [1.54, 1.807) is 12.1 Å². The van der Waals surface area contributed by atoms with Gasteiger partial charge in [0.1, 0.15) is 16.1 Å². The van der Waals surface area contributed by atoms with E-state index in [4.69, 9.17) is 0 Å². The second-order valence-corrected chi connectivity index (χ2v) is 5.46. The largest absolute Gasteiger partial charge is 0.309 e. The molecular formula is C14H14BrFN2O. The second-order valence-electron chi connectivity index (χ2n) is 4.67. The van der Waals surface area contributed by atoms with Crippen molar-refractivity contribution in [1.29, 1.82) is 0 Å². The molecule has 5 heteroatoms. The van der Waals surface area contributed by atoms with E-state index in [1.807, 2.05) is 13.8 Å². The molecule has 1 aromatic heterocycles. The van der Waals surface area contributed by atoms with Crippen LogP contribution in [0.25, 0.3) is 0 Å². The highest BCUT2D eigenvalue weighted by molar-refractivity contribution is 9.10. The van der Waals surface area contributed by atoms with Crippen molar-refractivity contribution in [2.45, 2.75) is 26.2 Å². The fourth-order valence-corrected chi connectivity index (χ4v) is 2.43. The van der Waals surface area contributed by atoms with Crippen molar-refractivity contribution in [3.63, 3.8) is 0 Å². The molecule has 0 fully saturated rings. The van der Waals surface area contributed by atoms with E-state index in [0.717, 1.165) is 11.3 Å². The highest BCUT2D eigenvalue weighted by Gasteiger charge is 2.12. The van der Waals surface area contributed by atoms with E-state index < -0.39 is 0 Å². The maximum atomic E-state index is 12.8. The van der Waals surface area contributed by atoms with Crippen LogP contribution in [0.1, 0.15) is 36.8 Å². The molecule has 0 saturated carbocycles. The zero-order valence-corrected chi connectivity index (χ0v) is 12.3. The lowest BCUT2D eigenvalue weighted by Gasteiger charge is -2.09. The molecule has 100 valence electrons. The van der Waals surface area contributed by atoms with Crippen LogP contribution in [-0.4, -0.2) is 9.97 Å². The highest BCUT2D eigenvalue weighted by atomic mass is 79.9. The lowest BCUT2D eigenvalue weighted by molar-refractivity contribution is 0.627. The molecule has 0 spiro atoms. The third kappa shape index (κ3) is 3.29. The van der Waals surface area contributed by atoms with Gasteiger partial charge in [-0.15, -0.1) is 0 Å². The number of H-pyrrole nitrogens is 1. The van der Waals surface area contributed by atoms with E-state index >= 15 is 0 Å². The molecule has 0 bridgehead atoms. The molecule has 0 atom stereocenters. The molecule has 0 aliphatic rings. The van der Waals surface area contributed by atoms with Crippen molar-refractivity contribution in [3.8, 4) is 0 Å². The lowest BCUT2D eigenvalue weighted by Crippen LogP contribution is -2.16. The van der Waals surface area contributed by atoms with Crippen LogP contribution in [0, 0.1) is 5.82 Å². The van der Waals surface area contributed by atoms with E-state index in [9.17, 15) is 9.18 Å². The van der Waals surface area contributed by atoms with Gasteiger partial charge in [0.2, 0.25) is 0 Å². The Hall–Kier alpha value is -1.49. The Balaban J connectivity index is 2.35. The molecule has 0 radical (unpaired) electrons. The third-order valence-electron chi connectivity index (χ3n) is 2.77. The van der Waals surface area contributed by atoms with E-state index in [2.05, 4.69) is 25.9 Å². The normalized spacial score (nSPS) is 11.0. The van der Waals surface area contributed by atoms with Crippen LogP contribution in [0.5, 0.6) is 0 Å². The van der Waals surface area contributed by atoms with Crippen LogP contribution in [0.15, 0.2) is 33.5 Å². The van der Waals surface area contributed by atoms with Gasteiger partial charge in [0.15, 0.2) is 0 Å². The molecule has 1 aromatic carbocycles. The summed E-state index contributed by atoms with van der Waals surface area (Å²) in [5, 5.41) is 0. The quantitative estimate of drug-likeness (QED) is 0.940. The summed E-state index contributed by atoms with van der Waals surface area (Å²) in [6.07, 6.45) is 0.475. The third-order valence-corrected chi connectivity index (χ3v) is 3.54. The summed E-state index contributed by atoms with van der Waals surface area (Å²) >= 11 is 3.25. The number of nitrogens with zero attached hydrogens (tertiary/aromatic N) is 1. The number of aromatic nitrogens is 2. The summed E-state index contributed by atoms with van der Waals surface area (Å²) in [7, 11) is 0. The molecule has 0 aliphatic heterocycles. The SMILES string of the molecule is CC(C)c1nc(Cc2ccc(F)cc2)[nH]c(=O)c1Br. The summed E-state index contributed by atoms with van der Waals surface area (Å²) in [4.78, 5) is 19.0. The number of benzene rings is 1. The van der Waals surface area contributed by atoms with E-state index in [0.29, 0.717) is 16.7 Å². The molecule has 3 nitrogen and oxygen atoms in total. The number of aromatic amines is 1. The number of hydrogen-bond donors (Lipinski definition) is 1. The number of hydrogen-bond acceptors (Lipinski definition) is 2. The minimum absolute atomic E-state index is 0.156. The van der Waals surface area contributed by atoms with Gasteiger partial charge in [-0.25, -0.2) is 9.37 Å². The van der Waals surface area contributed by atoms with Gasteiger partial charge in [-0.05, 0) is 39.5 Å². The van der Waals surface area contributed by atoms with E-state index in [1.165, 1.54) is 12.1 Å². The summed E-state index contributed by atoms with van der Waals surface area (Å²) < 4.78 is 13.3. The van der Waals surface area contributed by atoms with Gasteiger partial charge in [-0.2, -0.15) is 0 Å². The maximum Gasteiger partial charge on any atom is 0.265 e. The first-order valence-corrected chi connectivity index (χ1v) is 6.79. The maximum absolute atomic E-state index is 12.8. The minimum atomic E-state index is -0.274. The van der Waals surface area contributed by atoms with Gasteiger partial charge in [0.25, 0.3) is 5.56 Å². The number of rotatable bonds is 3. The van der Waals surface area contributed by atoms with Crippen molar-refractivity contribution in [2.24, 2.45) is 0 Å². The molecular weight excluding hydrogens is 311 g/mol. The molecule has 0 aliphatic carbocycles. The first-order valence-electron chi connectivity index (χ1n) is 6.00. The Bertz CT molecular complexity index is 635. The fraction of sp³-hybridized carbons (Fsp3) is 0.286. The lowest BCUT2D eigenvalue weighted by atomic mass is 10.1. The van der Waals surface area contributed by atoms with Crippen molar-refractivity contribution >= 4 is 15.9 Å². The van der Waals surface area contributed by atoms with Crippen LogP contribution in [0.2, 0.25) is 0 Å². The summed E-state index contributed by atoms with van der Waals surface area (Å²) in [6, 6.07) is 6.17. The van der Waals surface area contributed by atoms with Crippen LogP contribution in [-0.2, 0) is 6.42 Å². The van der Waals surface area contributed by atoms with E-state index in [-0.39, 0.29) is 17.3 Å². The summed E-state index contributed by atoms with van der Waals surface area (Å²) in [5.41, 5.74) is 1.46. The van der Waals surface area contributed by atoms with Crippen molar-refractivity contribution in [1.82, 2.24) is 9.97 Å². The first kappa shape index (κ1) is 13.9. The van der Waals surface area contributed by atoms with Crippen LogP contribution < -0.4 is 5.56 Å². The Morgan fingerprint density at radius 1 is 1.32 bits per heavy atom. The molecule has 19 heavy (non-hydrogen) atoms. The molecule has 0 unspecified atom stereocenters. The summed E-state index contributed by atoms with van der Waals surface area (Å²) in [6.45, 7) is 3.96. The minimum Gasteiger partial charge on any atom is -0.309 e. The van der Waals surface area contributed by atoms with Crippen molar-refractivity contribution < 1.29 is 4.39 Å². The van der Waals surface area contributed by atoms with Gasteiger partial charge in [-0.1, -0.05) is 26.0 Å². The average molecular weight is 325 g/mol. The van der Waals surface area contributed by atoms with Gasteiger partial charge in [0, 0.05) is 6.42 Å². The smallest absolute Gasteiger partial charge is 0.265 e. The Kier molecular flexibility index (Phi) is 4.14. The standard InChI is InChI=1S/C14H14BrFN2O/c1-8(2)13-12(15)14(19)18-11(17-13)7-9-3-5-10(16)6-4-9/h3-6,8H,7H2,1-2H3,(H,17,18,19). The Labute approximate surface area is 119 Å². The predicted molar refractivity (Wildman–Crippen MR) is 75.9 cm³/mol. The zero-order valence-electron chi connectivity index (χ0n) is 10.7. The highest BCUT2D eigenvalue weighted by Crippen LogP contribution is 2.19. The Morgan fingerprint density at radius 3 is 2.53 bits per heavy atom. The molecule has 2 rings (SSSR count). The molecule has 0 saturated heterocycles. The van der Waals surface area contributed by atoms with Gasteiger partial charge < -0.3 is 4.98 Å². The molecule has 0 amide bonds. The van der Waals surface area contributed by atoms with Crippen LogP contribution in [0.4, 0.5) is 4.39 Å². The number of nitrogens with one attached hydrogen (secondary N) is 1. The molecule has 2 aromatic rings. The Morgan fingerprint density at radius 2 is 1.95 bits per heavy atom.